The third-order valence-corrected chi connectivity index (χ3v) is 6.95. The fourth-order valence-corrected chi connectivity index (χ4v) is 5.20. The summed E-state index contributed by atoms with van der Waals surface area (Å²) in [5.74, 6) is -0.242. The summed E-state index contributed by atoms with van der Waals surface area (Å²) >= 11 is 0. The summed E-state index contributed by atoms with van der Waals surface area (Å²) in [5, 5.41) is 12.9. The Morgan fingerprint density at radius 2 is 2.21 bits per heavy atom. The van der Waals surface area contributed by atoms with Crippen LogP contribution in [-0.2, 0) is 28.9 Å². The van der Waals surface area contributed by atoms with Crippen LogP contribution >= 0.6 is 0 Å². The van der Waals surface area contributed by atoms with Gasteiger partial charge in [0.25, 0.3) is 0 Å². The Balaban J connectivity index is 1.22. The Hall–Kier alpha value is -3.16. The first-order chi connectivity index (χ1) is 16.1. The number of carbonyl (C=O) groups is 2. The molecule has 33 heavy (non-hydrogen) atoms. The van der Waals surface area contributed by atoms with Crippen LogP contribution in [0.2, 0.25) is 0 Å². The smallest absolute Gasteiger partial charge is 0.305 e. The van der Waals surface area contributed by atoms with Crippen molar-refractivity contribution in [3.8, 4) is 5.75 Å². The Morgan fingerprint density at radius 3 is 3.09 bits per heavy atom. The Morgan fingerprint density at radius 1 is 1.30 bits per heavy atom. The zero-order chi connectivity index (χ0) is 22.8. The second kappa shape index (κ2) is 9.37. The Bertz CT molecular complexity index is 1060. The fourth-order valence-electron chi connectivity index (χ4n) is 5.20. The monoisotopic (exact) mass is 450 g/mol. The van der Waals surface area contributed by atoms with E-state index in [4.69, 9.17) is 9.72 Å². The van der Waals surface area contributed by atoms with Crippen LogP contribution in [0.3, 0.4) is 0 Å². The van der Waals surface area contributed by atoms with Gasteiger partial charge in [-0.2, -0.15) is 0 Å². The number of nitrogens with zero attached hydrogens (tertiary/aromatic N) is 3. The van der Waals surface area contributed by atoms with E-state index in [0.717, 1.165) is 79.8 Å². The van der Waals surface area contributed by atoms with E-state index >= 15 is 0 Å². The van der Waals surface area contributed by atoms with Gasteiger partial charge in [0.2, 0.25) is 5.91 Å². The molecule has 3 aliphatic rings. The van der Waals surface area contributed by atoms with Gasteiger partial charge in [0, 0.05) is 37.3 Å². The molecule has 8 nitrogen and oxygen atoms in total. The number of aromatic nitrogens is 2. The Labute approximate surface area is 193 Å². The number of hydrogen-bond acceptors (Lipinski definition) is 6. The molecule has 3 aliphatic heterocycles. The molecule has 2 aromatic rings. The second-order valence-corrected chi connectivity index (χ2v) is 9.16. The first kappa shape index (κ1) is 21.7. The first-order valence-corrected chi connectivity index (χ1v) is 11.9. The number of ether oxygens (including phenoxy) is 1. The van der Waals surface area contributed by atoms with Gasteiger partial charge >= 0.3 is 5.97 Å². The molecular formula is C25H30N4O4. The number of anilines is 1. The molecular weight excluding hydrogens is 420 g/mol. The average molecular weight is 451 g/mol. The molecule has 5 rings (SSSR count). The van der Waals surface area contributed by atoms with Crippen molar-refractivity contribution in [3.05, 3.63) is 47.0 Å². The van der Waals surface area contributed by atoms with Crippen molar-refractivity contribution in [1.29, 1.82) is 0 Å². The predicted octanol–water partition coefficient (Wildman–Crippen LogP) is 3.16. The molecule has 2 unspecified atom stereocenters. The van der Waals surface area contributed by atoms with Crippen molar-refractivity contribution in [2.45, 2.75) is 57.4 Å². The number of likely N-dealkylation sites (tertiary alicyclic amines) is 1. The minimum Gasteiger partial charge on any atom is -0.491 e. The number of aliphatic carboxylic acids is 1. The molecule has 1 amide bonds. The topological polar surface area (TPSA) is 105 Å². The summed E-state index contributed by atoms with van der Waals surface area (Å²) < 4.78 is 5.61. The number of rotatable bonds is 8. The van der Waals surface area contributed by atoms with Crippen molar-refractivity contribution in [1.82, 2.24) is 14.9 Å². The fraction of sp³-hybridized carbons (Fsp3) is 0.520. The number of aryl methyl sites for hydroxylation is 2. The van der Waals surface area contributed by atoms with Gasteiger partial charge in [-0.1, -0.05) is 0 Å². The number of amides is 1. The Kier molecular flexibility index (Phi) is 6.15. The molecule has 5 heterocycles. The van der Waals surface area contributed by atoms with Gasteiger partial charge in [-0.25, -0.2) is 0 Å². The second-order valence-electron chi connectivity index (χ2n) is 9.16. The highest BCUT2D eigenvalue weighted by Crippen LogP contribution is 2.35. The molecule has 1 saturated heterocycles. The lowest BCUT2D eigenvalue weighted by Crippen LogP contribution is -2.33. The van der Waals surface area contributed by atoms with E-state index in [1.807, 2.05) is 6.07 Å². The minimum atomic E-state index is -0.925. The van der Waals surface area contributed by atoms with Crippen molar-refractivity contribution < 1.29 is 19.4 Å². The highest BCUT2D eigenvalue weighted by molar-refractivity contribution is 5.82. The molecule has 0 aliphatic carbocycles. The van der Waals surface area contributed by atoms with E-state index in [1.54, 1.807) is 11.1 Å². The number of carboxylic acids is 1. The van der Waals surface area contributed by atoms with E-state index < -0.39 is 12.0 Å². The van der Waals surface area contributed by atoms with E-state index in [1.165, 1.54) is 0 Å². The van der Waals surface area contributed by atoms with Gasteiger partial charge in [-0.15, -0.1) is 0 Å². The molecule has 0 aromatic carbocycles. The van der Waals surface area contributed by atoms with Gasteiger partial charge in [0.05, 0.1) is 36.1 Å². The maximum absolute atomic E-state index is 13.2. The van der Waals surface area contributed by atoms with Crippen molar-refractivity contribution >= 4 is 17.6 Å². The third kappa shape index (κ3) is 4.65. The third-order valence-electron chi connectivity index (χ3n) is 6.95. The highest BCUT2D eigenvalue weighted by Gasteiger charge is 2.37. The predicted molar refractivity (Wildman–Crippen MR) is 122 cm³/mol. The molecule has 174 valence electrons. The standard InChI is InChI=1S/C25H30N4O4/c30-24(31)14-22(17-13-23-21(27-15-17)9-12-33-23)29-11-8-16(25(29)32)3-1-4-18-6-7-19-20(28-18)5-2-10-26-19/h6-7,13,15-16,22,26H,1-5,8-12,14H2,(H,30,31). The summed E-state index contributed by atoms with van der Waals surface area (Å²) in [6.45, 7) is 2.17. The molecule has 2 atom stereocenters. The number of hydrogen-bond donors (Lipinski definition) is 2. The maximum Gasteiger partial charge on any atom is 0.305 e. The molecule has 0 bridgehead atoms. The lowest BCUT2D eigenvalue weighted by atomic mass is 9.98. The van der Waals surface area contributed by atoms with Crippen LogP contribution in [0.4, 0.5) is 5.69 Å². The zero-order valence-electron chi connectivity index (χ0n) is 18.8. The number of nitrogens with one attached hydrogen (secondary N) is 1. The van der Waals surface area contributed by atoms with Crippen LogP contribution in [0.25, 0.3) is 0 Å². The SMILES string of the molecule is O=C(O)CC(c1cnc2c(c1)OCC2)N1CCC(CCCc2ccc3c(n2)CCCN3)C1=O. The quantitative estimate of drug-likeness (QED) is 0.637. The van der Waals surface area contributed by atoms with Gasteiger partial charge in [-0.05, 0) is 62.3 Å². The zero-order valence-corrected chi connectivity index (χ0v) is 18.8. The molecule has 2 N–H and O–H groups in total. The first-order valence-electron chi connectivity index (χ1n) is 11.9. The normalized spacial score (nSPS) is 20.1. The van der Waals surface area contributed by atoms with E-state index in [2.05, 4.69) is 22.4 Å². The van der Waals surface area contributed by atoms with E-state index in [0.29, 0.717) is 18.9 Å². The van der Waals surface area contributed by atoms with Crippen molar-refractivity contribution in [2.75, 3.05) is 25.0 Å². The largest absolute Gasteiger partial charge is 0.491 e. The van der Waals surface area contributed by atoms with Crippen LogP contribution in [0.1, 0.15) is 60.8 Å². The average Bonchev–Trinajstić information content (AvgIpc) is 3.43. The van der Waals surface area contributed by atoms with Gasteiger partial charge < -0.3 is 20.1 Å². The minimum absolute atomic E-state index is 0.0465. The molecule has 0 saturated carbocycles. The summed E-state index contributed by atoms with van der Waals surface area (Å²) in [5.41, 5.74) is 4.99. The summed E-state index contributed by atoms with van der Waals surface area (Å²) in [6, 6.07) is 5.53. The van der Waals surface area contributed by atoms with Crippen molar-refractivity contribution in [2.24, 2.45) is 5.92 Å². The van der Waals surface area contributed by atoms with Crippen LogP contribution in [0.5, 0.6) is 5.75 Å². The van der Waals surface area contributed by atoms with Crippen LogP contribution < -0.4 is 10.1 Å². The summed E-state index contributed by atoms with van der Waals surface area (Å²) in [7, 11) is 0. The van der Waals surface area contributed by atoms with Crippen LogP contribution in [-0.4, -0.2) is 51.5 Å². The molecule has 8 heteroatoms. The van der Waals surface area contributed by atoms with Crippen LogP contribution in [0.15, 0.2) is 24.4 Å². The number of fused-ring (bicyclic) bond motifs is 2. The lowest BCUT2D eigenvalue weighted by Gasteiger charge is -2.27. The number of carboxylic acid groups (broad SMARTS) is 1. The molecule has 0 radical (unpaired) electrons. The summed E-state index contributed by atoms with van der Waals surface area (Å²) in [6.07, 6.45) is 7.74. The van der Waals surface area contributed by atoms with Gasteiger partial charge in [0.1, 0.15) is 5.75 Å². The number of carbonyl (C=O) groups excluding carboxylic acids is 1. The lowest BCUT2D eigenvalue weighted by molar-refractivity contribution is -0.140. The van der Waals surface area contributed by atoms with Gasteiger partial charge in [-0.3, -0.25) is 19.6 Å². The number of pyridine rings is 2. The van der Waals surface area contributed by atoms with E-state index in [-0.39, 0.29) is 18.2 Å². The maximum atomic E-state index is 13.2. The summed E-state index contributed by atoms with van der Waals surface area (Å²) in [4.78, 5) is 35.8. The van der Waals surface area contributed by atoms with Gasteiger partial charge in [0.15, 0.2) is 0 Å². The molecule has 0 spiro atoms. The van der Waals surface area contributed by atoms with E-state index in [9.17, 15) is 14.7 Å². The molecule has 1 fully saturated rings. The van der Waals surface area contributed by atoms with Crippen LogP contribution in [0, 0.1) is 5.92 Å². The highest BCUT2D eigenvalue weighted by atomic mass is 16.5. The van der Waals surface area contributed by atoms with Crippen molar-refractivity contribution in [3.63, 3.8) is 0 Å². The molecule has 2 aromatic heterocycles.